The predicted octanol–water partition coefficient (Wildman–Crippen LogP) is 3.40. The van der Waals surface area contributed by atoms with Crippen molar-refractivity contribution >= 4 is 11.7 Å². The fourth-order valence-corrected chi connectivity index (χ4v) is 2.87. The van der Waals surface area contributed by atoms with Crippen molar-refractivity contribution in [2.45, 2.75) is 32.4 Å². The van der Waals surface area contributed by atoms with Crippen LogP contribution in [0.2, 0.25) is 0 Å². The van der Waals surface area contributed by atoms with Gasteiger partial charge in [0, 0.05) is 18.1 Å². The second-order valence-electron chi connectivity index (χ2n) is 5.59. The first-order valence-corrected chi connectivity index (χ1v) is 7.54. The molecular weight excluding hydrogens is 274 g/mol. The van der Waals surface area contributed by atoms with Crippen LogP contribution in [-0.4, -0.2) is 23.8 Å². The van der Waals surface area contributed by atoms with E-state index in [0.717, 1.165) is 17.7 Å². The molecule has 0 aliphatic carbocycles. The van der Waals surface area contributed by atoms with Crippen molar-refractivity contribution < 1.29 is 9.53 Å². The van der Waals surface area contributed by atoms with Crippen LogP contribution >= 0.6 is 0 Å². The molecule has 0 aromatic heterocycles. The van der Waals surface area contributed by atoms with E-state index in [4.69, 9.17) is 9.73 Å². The molecule has 2 aromatic rings. The van der Waals surface area contributed by atoms with Crippen LogP contribution < -0.4 is 0 Å². The number of benzene rings is 2. The van der Waals surface area contributed by atoms with Gasteiger partial charge in [-0.1, -0.05) is 54.6 Å². The van der Waals surface area contributed by atoms with Gasteiger partial charge in [-0.15, -0.1) is 0 Å². The van der Waals surface area contributed by atoms with Crippen LogP contribution in [0.25, 0.3) is 0 Å². The Hall–Kier alpha value is -2.42. The van der Waals surface area contributed by atoms with Crippen molar-refractivity contribution in [1.29, 1.82) is 0 Å². The summed E-state index contributed by atoms with van der Waals surface area (Å²) in [7, 11) is 0. The SMILES string of the molecule is CC(=O)OC(C)C1Cc2ccccc2C(c2ccccc2)=N1. The van der Waals surface area contributed by atoms with Gasteiger partial charge in [0.05, 0.1) is 11.8 Å². The van der Waals surface area contributed by atoms with Gasteiger partial charge in [0.15, 0.2) is 0 Å². The molecule has 112 valence electrons. The van der Waals surface area contributed by atoms with Gasteiger partial charge in [0.2, 0.25) is 0 Å². The molecule has 1 heterocycles. The molecule has 0 saturated carbocycles. The van der Waals surface area contributed by atoms with Crippen LogP contribution in [0.15, 0.2) is 59.6 Å². The highest BCUT2D eigenvalue weighted by Crippen LogP contribution is 2.25. The maximum atomic E-state index is 11.2. The lowest BCUT2D eigenvalue weighted by atomic mass is 9.89. The van der Waals surface area contributed by atoms with Gasteiger partial charge in [-0.3, -0.25) is 9.79 Å². The van der Waals surface area contributed by atoms with E-state index >= 15 is 0 Å². The molecule has 2 atom stereocenters. The second kappa shape index (κ2) is 6.14. The summed E-state index contributed by atoms with van der Waals surface area (Å²) in [6, 6.07) is 18.4. The highest BCUT2D eigenvalue weighted by molar-refractivity contribution is 6.14. The number of ether oxygens (including phenoxy) is 1. The summed E-state index contributed by atoms with van der Waals surface area (Å²) >= 11 is 0. The van der Waals surface area contributed by atoms with E-state index in [1.165, 1.54) is 18.1 Å². The summed E-state index contributed by atoms with van der Waals surface area (Å²) < 4.78 is 5.34. The van der Waals surface area contributed by atoms with E-state index in [2.05, 4.69) is 24.3 Å². The van der Waals surface area contributed by atoms with Crippen molar-refractivity contribution in [1.82, 2.24) is 0 Å². The van der Waals surface area contributed by atoms with E-state index in [-0.39, 0.29) is 18.1 Å². The Morgan fingerprint density at radius 3 is 2.55 bits per heavy atom. The fraction of sp³-hybridized carbons (Fsp3) is 0.263. The molecule has 3 rings (SSSR count). The summed E-state index contributed by atoms with van der Waals surface area (Å²) in [4.78, 5) is 16.1. The maximum absolute atomic E-state index is 11.2. The minimum absolute atomic E-state index is 0.0472. The monoisotopic (exact) mass is 293 g/mol. The number of rotatable bonds is 3. The summed E-state index contributed by atoms with van der Waals surface area (Å²) in [5.74, 6) is -0.261. The standard InChI is InChI=1S/C19H19NO2/c1-13(22-14(2)21)18-12-16-10-6-7-11-17(16)19(20-18)15-8-4-3-5-9-15/h3-11,13,18H,12H2,1-2H3. The molecule has 1 aliphatic heterocycles. The minimum atomic E-state index is -0.261. The van der Waals surface area contributed by atoms with Gasteiger partial charge < -0.3 is 4.74 Å². The quantitative estimate of drug-likeness (QED) is 0.814. The first kappa shape index (κ1) is 14.5. The number of nitrogens with zero attached hydrogens (tertiary/aromatic N) is 1. The molecule has 0 saturated heterocycles. The molecule has 1 aliphatic rings. The molecule has 2 unspecified atom stereocenters. The van der Waals surface area contributed by atoms with Crippen molar-refractivity contribution in [2.24, 2.45) is 4.99 Å². The molecule has 0 bridgehead atoms. The zero-order chi connectivity index (χ0) is 15.5. The molecular formula is C19H19NO2. The smallest absolute Gasteiger partial charge is 0.302 e. The summed E-state index contributed by atoms with van der Waals surface area (Å²) in [5, 5.41) is 0. The summed E-state index contributed by atoms with van der Waals surface area (Å²) in [5.41, 5.74) is 4.49. The Labute approximate surface area is 130 Å². The Morgan fingerprint density at radius 1 is 1.14 bits per heavy atom. The lowest BCUT2D eigenvalue weighted by Crippen LogP contribution is -2.33. The van der Waals surface area contributed by atoms with Crippen LogP contribution in [0.3, 0.4) is 0 Å². The normalized spacial score (nSPS) is 18.1. The van der Waals surface area contributed by atoms with Gasteiger partial charge in [-0.2, -0.15) is 0 Å². The Bertz CT molecular complexity index is 706. The lowest BCUT2D eigenvalue weighted by Gasteiger charge is -2.27. The first-order valence-electron chi connectivity index (χ1n) is 7.54. The number of hydrogen-bond acceptors (Lipinski definition) is 3. The third-order valence-electron chi connectivity index (χ3n) is 3.94. The Morgan fingerprint density at radius 2 is 1.82 bits per heavy atom. The van der Waals surface area contributed by atoms with Crippen molar-refractivity contribution in [3.63, 3.8) is 0 Å². The molecule has 0 N–H and O–H groups in total. The predicted molar refractivity (Wildman–Crippen MR) is 87.2 cm³/mol. The summed E-state index contributed by atoms with van der Waals surface area (Å²) in [6.07, 6.45) is 0.561. The number of fused-ring (bicyclic) bond motifs is 1. The lowest BCUT2D eigenvalue weighted by molar-refractivity contribution is -0.146. The van der Waals surface area contributed by atoms with E-state index < -0.39 is 0 Å². The van der Waals surface area contributed by atoms with Gasteiger partial charge in [0.25, 0.3) is 0 Å². The van der Waals surface area contributed by atoms with E-state index in [1.807, 2.05) is 37.3 Å². The van der Waals surface area contributed by atoms with Crippen LogP contribution in [0.1, 0.15) is 30.5 Å². The highest BCUT2D eigenvalue weighted by Gasteiger charge is 2.27. The molecule has 2 aromatic carbocycles. The largest absolute Gasteiger partial charge is 0.461 e. The van der Waals surface area contributed by atoms with Crippen molar-refractivity contribution in [3.05, 3.63) is 71.3 Å². The van der Waals surface area contributed by atoms with Crippen molar-refractivity contribution in [3.8, 4) is 0 Å². The second-order valence-corrected chi connectivity index (χ2v) is 5.59. The summed E-state index contributed by atoms with van der Waals surface area (Å²) in [6.45, 7) is 3.35. The Kier molecular flexibility index (Phi) is 4.05. The van der Waals surface area contributed by atoms with Crippen LogP contribution in [0.5, 0.6) is 0 Å². The Balaban J connectivity index is 2.02. The van der Waals surface area contributed by atoms with E-state index in [9.17, 15) is 4.79 Å². The first-order chi connectivity index (χ1) is 10.6. The van der Waals surface area contributed by atoms with Gasteiger partial charge in [0.1, 0.15) is 6.10 Å². The molecule has 3 heteroatoms. The maximum Gasteiger partial charge on any atom is 0.302 e. The third kappa shape index (κ3) is 2.93. The molecule has 3 nitrogen and oxygen atoms in total. The van der Waals surface area contributed by atoms with Crippen LogP contribution in [0, 0.1) is 0 Å². The van der Waals surface area contributed by atoms with Crippen LogP contribution in [-0.2, 0) is 16.0 Å². The molecule has 0 fully saturated rings. The molecule has 0 amide bonds. The van der Waals surface area contributed by atoms with E-state index in [0.29, 0.717) is 0 Å². The number of hydrogen-bond donors (Lipinski definition) is 0. The van der Waals surface area contributed by atoms with Gasteiger partial charge >= 0.3 is 5.97 Å². The average Bonchev–Trinajstić information content (AvgIpc) is 2.54. The van der Waals surface area contributed by atoms with Crippen LogP contribution in [0.4, 0.5) is 0 Å². The van der Waals surface area contributed by atoms with Crippen molar-refractivity contribution in [2.75, 3.05) is 0 Å². The number of carbonyl (C=O) groups excluding carboxylic acids is 1. The average molecular weight is 293 g/mol. The molecule has 0 spiro atoms. The number of aliphatic imine (C=N–C) groups is 1. The van der Waals surface area contributed by atoms with Gasteiger partial charge in [-0.05, 0) is 18.9 Å². The van der Waals surface area contributed by atoms with E-state index in [1.54, 1.807) is 0 Å². The minimum Gasteiger partial charge on any atom is -0.461 e. The zero-order valence-electron chi connectivity index (χ0n) is 12.8. The molecule has 0 radical (unpaired) electrons. The topological polar surface area (TPSA) is 38.7 Å². The zero-order valence-corrected chi connectivity index (χ0v) is 12.8. The number of carbonyl (C=O) groups is 1. The highest BCUT2D eigenvalue weighted by atomic mass is 16.5. The number of esters is 1. The fourth-order valence-electron chi connectivity index (χ4n) is 2.87. The third-order valence-corrected chi connectivity index (χ3v) is 3.94. The molecule has 22 heavy (non-hydrogen) atoms. The van der Waals surface area contributed by atoms with Gasteiger partial charge in [-0.25, -0.2) is 0 Å².